The number of rotatable bonds is 4. The van der Waals surface area contributed by atoms with Gasteiger partial charge in [0, 0.05) is 0 Å². The van der Waals surface area contributed by atoms with Crippen molar-refractivity contribution in [1.82, 2.24) is 0 Å². The number of carbonyl (C=O) groups is 1. The maximum absolute atomic E-state index is 11.1. The normalized spacial score (nSPS) is 10.2. The summed E-state index contributed by atoms with van der Waals surface area (Å²) in [6.45, 7) is 2.28. The van der Waals surface area contributed by atoms with E-state index in [2.05, 4.69) is 0 Å². The SMILES string of the molecule is Cc1cccc(COc2c(N)cccc2C(=O)O)c1. The molecular formula is C15H15NO3. The van der Waals surface area contributed by atoms with Crippen molar-refractivity contribution >= 4 is 11.7 Å². The van der Waals surface area contributed by atoms with E-state index >= 15 is 0 Å². The number of nitrogens with two attached hydrogens (primary N) is 1. The topological polar surface area (TPSA) is 72.5 Å². The summed E-state index contributed by atoms with van der Waals surface area (Å²) in [7, 11) is 0. The van der Waals surface area contributed by atoms with Crippen molar-refractivity contribution in [2.45, 2.75) is 13.5 Å². The first kappa shape index (κ1) is 13.0. The molecule has 0 heterocycles. The Morgan fingerprint density at radius 3 is 2.68 bits per heavy atom. The van der Waals surface area contributed by atoms with Crippen LogP contribution in [-0.4, -0.2) is 11.1 Å². The van der Waals surface area contributed by atoms with Crippen LogP contribution in [0.3, 0.4) is 0 Å². The Morgan fingerprint density at radius 2 is 2.00 bits per heavy atom. The van der Waals surface area contributed by atoms with Gasteiger partial charge in [0.2, 0.25) is 0 Å². The van der Waals surface area contributed by atoms with Crippen LogP contribution in [0.2, 0.25) is 0 Å². The fourth-order valence-corrected chi connectivity index (χ4v) is 1.84. The molecule has 0 aliphatic rings. The molecule has 0 aliphatic carbocycles. The van der Waals surface area contributed by atoms with Gasteiger partial charge in [-0.25, -0.2) is 4.79 Å². The van der Waals surface area contributed by atoms with Crippen LogP contribution in [0, 0.1) is 6.92 Å². The van der Waals surface area contributed by atoms with Crippen molar-refractivity contribution in [3.63, 3.8) is 0 Å². The molecular weight excluding hydrogens is 242 g/mol. The van der Waals surface area contributed by atoms with Crippen LogP contribution in [0.4, 0.5) is 5.69 Å². The first-order chi connectivity index (χ1) is 9.08. The average molecular weight is 257 g/mol. The van der Waals surface area contributed by atoms with E-state index in [1.807, 2.05) is 31.2 Å². The lowest BCUT2D eigenvalue weighted by atomic mass is 10.1. The largest absolute Gasteiger partial charge is 0.486 e. The van der Waals surface area contributed by atoms with Crippen LogP contribution in [0.5, 0.6) is 5.75 Å². The molecule has 4 heteroatoms. The van der Waals surface area contributed by atoms with Crippen molar-refractivity contribution in [1.29, 1.82) is 0 Å². The number of nitrogen functional groups attached to an aromatic ring is 1. The fourth-order valence-electron chi connectivity index (χ4n) is 1.84. The highest BCUT2D eigenvalue weighted by Gasteiger charge is 2.13. The Labute approximate surface area is 111 Å². The molecule has 98 valence electrons. The number of hydrogen-bond acceptors (Lipinski definition) is 3. The van der Waals surface area contributed by atoms with Gasteiger partial charge < -0.3 is 15.6 Å². The quantitative estimate of drug-likeness (QED) is 0.826. The van der Waals surface area contributed by atoms with Crippen molar-refractivity contribution in [2.24, 2.45) is 0 Å². The second kappa shape index (κ2) is 5.44. The van der Waals surface area contributed by atoms with E-state index in [9.17, 15) is 4.79 Å². The zero-order valence-corrected chi connectivity index (χ0v) is 10.6. The Hall–Kier alpha value is -2.49. The van der Waals surface area contributed by atoms with Gasteiger partial charge in [0.25, 0.3) is 0 Å². The monoisotopic (exact) mass is 257 g/mol. The van der Waals surface area contributed by atoms with E-state index in [4.69, 9.17) is 15.6 Å². The molecule has 19 heavy (non-hydrogen) atoms. The molecule has 3 N–H and O–H groups in total. The second-order valence-electron chi connectivity index (χ2n) is 4.31. The maximum Gasteiger partial charge on any atom is 0.339 e. The molecule has 0 unspecified atom stereocenters. The number of benzene rings is 2. The van der Waals surface area contributed by atoms with Crippen LogP contribution in [0.1, 0.15) is 21.5 Å². The van der Waals surface area contributed by atoms with Crippen molar-refractivity contribution < 1.29 is 14.6 Å². The zero-order chi connectivity index (χ0) is 13.8. The average Bonchev–Trinajstić information content (AvgIpc) is 2.37. The Morgan fingerprint density at radius 1 is 1.26 bits per heavy atom. The first-order valence-corrected chi connectivity index (χ1v) is 5.88. The maximum atomic E-state index is 11.1. The number of aromatic carboxylic acids is 1. The Balaban J connectivity index is 2.22. The van der Waals surface area contributed by atoms with E-state index in [0.29, 0.717) is 5.69 Å². The van der Waals surface area contributed by atoms with E-state index in [1.54, 1.807) is 12.1 Å². The van der Waals surface area contributed by atoms with Crippen molar-refractivity contribution in [3.05, 3.63) is 59.2 Å². The summed E-state index contributed by atoms with van der Waals surface area (Å²) in [4.78, 5) is 11.1. The third-order valence-electron chi connectivity index (χ3n) is 2.74. The number of carboxylic acids is 1. The van der Waals surface area contributed by atoms with Crippen LogP contribution < -0.4 is 10.5 Å². The van der Waals surface area contributed by atoms with E-state index < -0.39 is 5.97 Å². The highest BCUT2D eigenvalue weighted by Crippen LogP contribution is 2.27. The molecule has 0 spiro atoms. The first-order valence-electron chi connectivity index (χ1n) is 5.88. The molecule has 0 saturated carbocycles. The minimum Gasteiger partial charge on any atom is -0.486 e. The molecule has 0 aromatic heterocycles. The van der Waals surface area contributed by atoms with Gasteiger partial charge in [-0.1, -0.05) is 35.9 Å². The van der Waals surface area contributed by atoms with E-state index in [-0.39, 0.29) is 17.9 Å². The number of para-hydroxylation sites is 1. The van der Waals surface area contributed by atoms with E-state index in [1.165, 1.54) is 6.07 Å². The third-order valence-corrected chi connectivity index (χ3v) is 2.74. The third kappa shape index (κ3) is 3.04. The second-order valence-corrected chi connectivity index (χ2v) is 4.31. The molecule has 0 radical (unpaired) electrons. The number of ether oxygens (including phenoxy) is 1. The lowest BCUT2D eigenvalue weighted by Gasteiger charge is -2.11. The summed E-state index contributed by atoms with van der Waals surface area (Å²) in [6, 6.07) is 12.5. The van der Waals surface area contributed by atoms with Gasteiger partial charge in [-0.3, -0.25) is 0 Å². The molecule has 2 aromatic rings. The highest BCUT2D eigenvalue weighted by atomic mass is 16.5. The van der Waals surface area contributed by atoms with Gasteiger partial charge in [0.05, 0.1) is 5.69 Å². The van der Waals surface area contributed by atoms with Gasteiger partial charge in [-0.15, -0.1) is 0 Å². The number of aryl methyl sites for hydroxylation is 1. The summed E-state index contributed by atoms with van der Waals surface area (Å²) in [5, 5.41) is 9.10. The predicted octanol–water partition coefficient (Wildman–Crippen LogP) is 2.85. The standard InChI is InChI=1S/C15H15NO3/c1-10-4-2-5-11(8-10)9-19-14-12(15(17)18)6-3-7-13(14)16/h2-8H,9,16H2,1H3,(H,17,18). The van der Waals surface area contributed by atoms with Gasteiger partial charge >= 0.3 is 5.97 Å². The molecule has 0 amide bonds. The highest BCUT2D eigenvalue weighted by molar-refractivity contribution is 5.93. The molecule has 4 nitrogen and oxygen atoms in total. The summed E-state index contributed by atoms with van der Waals surface area (Å²) in [5.74, 6) is -0.831. The van der Waals surface area contributed by atoms with Crippen LogP contribution in [0.15, 0.2) is 42.5 Å². The Kier molecular flexibility index (Phi) is 3.71. The van der Waals surface area contributed by atoms with Gasteiger partial charge in [-0.2, -0.15) is 0 Å². The van der Waals surface area contributed by atoms with E-state index in [0.717, 1.165) is 11.1 Å². The molecule has 2 rings (SSSR count). The number of carboxylic acid groups (broad SMARTS) is 1. The number of anilines is 1. The lowest BCUT2D eigenvalue weighted by Crippen LogP contribution is -2.06. The van der Waals surface area contributed by atoms with Crippen LogP contribution in [0.25, 0.3) is 0 Å². The summed E-state index contributed by atoms with van der Waals surface area (Å²) in [6.07, 6.45) is 0. The minimum absolute atomic E-state index is 0.0765. The van der Waals surface area contributed by atoms with Gasteiger partial charge in [0.15, 0.2) is 5.75 Å². The summed E-state index contributed by atoms with van der Waals surface area (Å²) >= 11 is 0. The smallest absolute Gasteiger partial charge is 0.339 e. The molecule has 0 aliphatic heterocycles. The van der Waals surface area contributed by atoms with Crippen LogP contribution in [-0.2, 0) is 6.61 Å². The molecule has 2 aromatic carbocycles. The summed E-state index contributed by atoms with van der Waals surface area (Å²) < 4.78 is 5.56. The van der Waals surface area contributed by atoms with Crippen molar-refractivity contribution in [2.75, 3.05) is 5.73 Å². The lowest BCUT2D eigenvalue weighted by molar-refractivity contribution is 0.0692. The molecule has 0 fully saturated rings. The molecule has 0 atom stereocenters. The molecule has 0 bridgehead atoms. The summed E-state index contributed by atoms with van der Waals surface area (Å²) in [5.41, 5.74) is 8.27. The van der Waals surface area contributed by atoms with Gasteiger partial charge in [-0.05, 0) is 24.6 Å². The zero-order valence-electron chi connectivity index (χ0n) is 10.6. The number of hydrogen-bond donors (Lipinski definition) is 2. The molecule has 0 saturated heterocycles. The fraction of sp³-hybridized carbons (Fsp3) is 0.133. The Bertz CT molecular complexity index is 608. The van der Waals surface area contributed by atoms with Crippen LogP contribution >= 0.6 is 0 Å². The predicted molar refractivity (Wildman–Crippen MR) is 73.3 cm³/mol. The van der Waals surface area contributed by atoms with Crippen molar-refractivity contribution in [3.8, 4) is 5.75 Å². The van der Waals surface area contributed by atoms with Gasteiger partial charge in [0.1, 0.15) is 12.2 Å². The minimum atomic E-state index is -1.05.